The number of aryl methyl sites for hydroxylation is 1. The van der Waals surface area contributed by atoms with Crippen LogP contribution in [0.5, 0.6) is 0 Å². The molecule has 2 saturated heterocycles. The third kappa shape index (κ3) is 5.89. The number of carbonyl (C=O) groups is 2. The van der Waals surface area contributed by atoms with Crippen LogP contribution in [-0.4, -0.2) is 65.8 Å². The van der Waals surface area contributed by atoms with Gasteiger partial charge in [-0.2, -0.15) is 0 Å². The molecule has 2 aromatic carbocycles. The number of benzene rings is 2. The molecule has 0 radical (unpaired) electrons. The molecule has 2 heterocycles. The Kier molecular flexibility index (Phi) is 7.29. The van der Waals surface area contributed by atoms with Crippen molar-refractivity contribution in [2.45, 2.75) is 31.3 Å². The summed E-state index contributed by atoms with van der Waals surface area (Å²) in [6, 6.07) is 17.8. The molecule has 1 spiro atoms. The Morgan fingerprint density at radius 3 is 2.24 bits per heavy atom. The number of ether oxygens (including phenoxy) is 2. The van der Waals surface area contributed by atoms with Gasteiger partial charge in [-0.3, -0.25) is 9.36 Å². The summed E-state index contributed by atoms with van der Waals surface area (Å²) in [4.78, 5) is 26.3. The van der Waals surface area contributed by atoms with Crippen LogP contribution in [-0.2, 0) is 41.2 Å². The van der Waals surface area contributed by atoms with E-state index in [9.17, 15) is 19.3 Å². The average molecular weight is 473 g/mol. The van der Waals surface area contributed by atoms with Crippen molar-refractivity contribution in [2.24, 2.45) is 0 Å². The van der Waals surface area contributed by atoms with Gasteiger partial charge < -0.3 is 24.0 Å². The zero-order chi connectivity index (χ0) is 23.3. The van der Waals surface area contributed by atoms with E-state index in [1.807, 2.05) is 60.7 Å². The molecule has 2 fully saturated rings. The lowest BCUT2D eigenvalue weighted by Gasteiger charge is -2.25. The van der Waals surface area contributed by atoms with Gasteiger partial charge in [0, 0.05) is 12.6 Å². The van der Waals surface area contributed by atoms with E-state index in [-0.39, 0.29) is 31.9 Å². The zero-order valence-corrected chi connectivity index (χ0v) is 19.2. The van der Waals surface area contributed by atoms with Gasteiger partial charge in [-0.15, -0.1) is 0 Å². The van der Waals surface area contributed by atoms with Gasteiger partial charge in [0.25, 0.3) is 0 Å². The molecule has 2 atom stereocenters. The van der Waals surface area contributed by atoms with Gasteiger partial charge >= 0.3 is 5.97 Å². The maximum atomic E-state index is 13.8. The Bertz CT molecular complexity index is 960. The number of carbonyl (C=O) groups excluding carboxylic acids is 1. The fraction of sp³-hybridized carbons (Fsp3) is 0.417. The standard InChI is InChI=1S/C24H28NO7P/c26-22(25-18-24(30-12-13-31-24)15-21(25)23(27)28)17-33(29,14-11-19-7-3-1-4-8-19)32-16-20-9-5-2-6-10-20/h1-10,21H,11-18H2,(H,27,28). The van der Waals surface area contributed by atoms with Crippen molar-refractivity contribution in [3.05, 3.63) is 71.8 Å². The first-order chi connectivity index (χ1) is 15.9. The number of nitrogens with zero attached hydrogens (tertiary/aromatic N) is 1. The van der Waals surface area contributed by atoms with Crippen molar-refractivity contribution >= 4 is 19.2 Å². The van der Waals surface area contributed by atoms with Crippen LogP contribution in [0.4, 0.5) is 0 Å². The van der Waals surface area contributed by atoms with Gasteiger partial charge in [0.05, 0.1) is 26.4 Å². The molecule has 1 N–H and O–H groups in total. The van der Waals surface area contributed by atoms with Crippen molar-refractivity contribution < 1.29 is 33.3 Å². The second kappa shape index (κ2) is 10.2. The molecule has 0 bridgehead atoms. The number of hydrogen-bond acceptors (Lipinski definition) is 6. The number of carboxylic acids is 1. The average Bonchev–Trinajstić information content (AvgIpc) is 3.45. The topological polar surface area (TPSA) is 102 Å². The summed E-state index contributed by atoms with van der Waals surface area (Å²) in [5.74, 6) is -2.76. The van der Waals surface area contributed by atoms with E-state index in [0.29, 0.717) is 19.6 Å². The molecule has 33 heavy (non-hydrogen) atoms. The molecule has 9 heteroatoms. The lowest BCUT2D eigenvalue weighted by molar-refractivity contribution is -0.151. The molecule has 2 unspecified atom stereocenters. The van der Waals surface area contributed by atoms with Crippen molar-refractivity contribution in [1.29, 1.82) is 0 Å². The molecule has 8 nitrogen and oxygen atoms in total. The van der Waals surface area contributed by atoms with E-state index in [1.54, 1.807) is 0 Å². The van der Waals surface area contributed by atoms with E-state index < -0.39 is 31.1 Å². The minimum Gasteiger partial charge on any atom is -0.480 e. The number of aliphatic carboxylic acids is 1. The van der Waals surface area contributed by atoms with Gasteiger partial charge in [-0.25, -0.2) is 4.79 Å². The van der Waals surface area contributed by atoms with Crippen LogP contribution in [0.1, 0.15) is 17.5 Å². The molecule has 0 saturated carbocycles. The van der Waals surface area contributed by atoms with Gasteiger partial charge in [-0.05, 0) is 17.5 Å². The molecular formula is C24H28NO7P. The second-order valence-corrected chi connectivity index (χ2v) is 11.0. The van der Waals surface area contributed by atoms with Crippen LogP contribution >= 0.6 is 7.37 Å². The van der Waals surface area contributed by atoms with E-state index >= 15 is 0 Å². The molecule has 2 aromatic rings. The summed E-state index contributed by atoms with van der Waals surface area (Å²) in [5.41, 5.74) is 1.84. The Balaban J connectivity index is 1.49. The Morgan fingerprint density at radius 2 is 1.64 bits per heavy atom. The fourth-order valence-corrected chi connectivity index (χ4v) is 6.18. The summed E-state index contributed by atoms with van der Waals surface area (Å²) < 4.78 is 31.0. The summed E-state index contributed by atoms with van der Waals surface area (Å²) in [6.45, 7) is 0.813. The number of carboxylic acid groups (broad SMARTS) is 1. The fourth-order valence-electron chi connectivity index (χ4n) is 4.22. The zero-order valence-electron chi connectivity index (χ0n) is 18.3. The van der Waals surface area contributed by atoms with Crippen LogP contribution in [0.25, 0.3) is 0 Å². The molecule has 0 aliphatic carbocycles. The number of likely N-dealkylation sites (tertiary alicyclic amines) is 1. The van der Waals surface area contributed by atoms with Crippen molar-refractivity contribution in [1.82, 2.24) is 4.90 Å². The first-order valence-electron chi connectivity index (χ1n) is 11.0. The molecule has 1 amide bonds. The summed E-state index contributed by atoms with van der Waals surface area (Å²) >= 11 is 0. The van der Waals surface area contributed by atoms with Crippen molar-refractivity contribution in [2.75, 3.05) is 32.1 Å². The normalized spacial score (nSPS) is 21.2. The third-order valence-corrected chi connectivity index (χ3v) is 8.24. The van der Waals surface area contributed by atoms with Crippen LogP contribution in [0, 0.1) is 0 Å². The number of amides is 1. The monoisotopic (exact) mass is 473 g/mol. The van der Waals surface area contributed by atoms with Gasteiger partial charge in [0.1, 0.15) is 12.2 Å². The Hall–Kier alpha value is -2.51. The predicted molar refractivity (Wildman–Crippen MR) is 121 cm³/mol. The Morgan fingerprint density at radius 1 is 1.03 bits per heavy atom. The van der Waals surface area contributed by atoms with Crippen LogP contribution in [0.15, 0.2) is 60.7 Å². The van der Waals surface area contributed by atoms with Crippen molar-refractivity contribution in [3.8, 4) is 0 Å². The number of hydrogen-bond donors (Lipinski definition) is 1. The molecule has 176 valence electrons. The Labute approximate surface area is 192 Å². The van der Waals surface area contributed by atoms with Gasteiger partial charge in [-0.1, -0.05) is 60.7 Å². The minimum atomic E-state index is -3.42. The SMILES string of the molecule is O=C(O)C1CC2(CN1C(=O)CP(=O)(CCc1ccccc1)OCc1ccccc1)OCCO2. The molecular weight excluding hydrogens is 445 g/mol. The summed E-state index contributed by atoms with van der Waals surface area (Å²) in [6.07, 6.45) is 0.345. The first kappa shape index (κ1) is 23.6. The van der Waals surface area contributed by atoms with E-state index in [2.05, 4.69) is 0 Å². The summed E-state index contributed by atoms with van der Waals surface area (Å²) in [5, 5.41) is 9.67. The molecule has 4 rings (SSSR count). The highest BCUT2D eigenvalue weighted by Gasteiger charge is 2.53. The smallest absolute Gasteiger partial charge is 0.326 e. The number of rotatable bonds is 9. The van der Waals surface area contributed by atoms with E-state index in [0.717, 1.165) is 11.1 Å². The third-order valence-electron chi connectivity index (χ3n) is 5.98. The van der Waals surface area contributed by atoms with Crippen LogP contribution in [0.2, 0.25) is 0 Å². The van der Waals surface area contributed by atoms with Crippen molar-refractivity contribution in [3.63, 3.8) is 0 Å². The quantitative estimate of drug-likeness (QED) is 0.558. The van der Waals surface area contributed by atoms with Gasteiger partial charge in [0.15, 0.2) is 5.79 Å². The lowest BCUT2D eigenvalue weighted by Crippen LogP contribution is -2.43. The maximum Gasteiger partial charge on any atom is 0.326 e. The second-order valence-electron chi connectivity index (χ2n) is 8.38. The molecule has 2 aliphatic heterocycles. The van der Waals surface area contributed by atoms with Gasteiger partial charge in [0.2, 0.25) is 13.3 Å². The van der Waals surface area contributed by atoms with E-state index in [1.165, 1.54) is 4.90 Å². The first-order valence-corrected chi connectivity index (χ1v) is 13.0. The van der Waals surface area contributed by atoms with Crippen LogP contribution in [0.3, 0.4) is 0 Å². The molecule has 0 aromatic heterocycles. The van der Waals surface area contributed by atoms with E-state index in [4.69, 9.17) is 14.0 Å². The highest BCUT2D eigenvalue weighted by molar-refractivity contribution is 7.59. The maximum absolute atomic E-state index is 13.8. The highest BCUT2D eigenvalue weighted by atomic mass is 31.2. The summed E-state index contributed by atoms with van der Waals surface area (Å²) in [7, 11) is -3.42. The molecule has 2 aliphatic rings. The largest absolute Gasteiger partial charge is 0.480 e. The predicted octanol–water partition coefficient (Wildman–Crippen LogP) is 3.15. The lowest BCUT2D eigenvalue weighted by atomic mass is 10.1. The minimum absolute atomic E-state index is 0.000169. The highest BCUT2D eigenvalue weighted by Crippen LogP contribution is 2.49. The van der Waals surface area contributed by atoms with Crippen LogP contribution < -0.4 is 0 Å².